The van der Waals surface area contributed by atoms with Gasteiger partial charge in [0.05, 0.1) is 12.2 Å². The Bertz CT molecular complexity index is 1700. The van der Waals surface area contributed by atoms with Gasteiger partial charge in [-0.15, -0.1) is 0 Å². The molecule has 0 spiro atoms. The molecule has 1 N–H and O–H groups in total. The second-order valence-corrected chi connectivity index (χ2v) is 14.3. The molecule has 1 aromatic carbocycles. The molecule has 0 atom stereocenters. The maximum atomic E-state index is 12.9. The number of carbonyl (C=O) groups excluding carboxylic acids is 3. The third-order valence-corrected chi connectivity index (χ3v) is 8.74. The molecule has 0 aliphatic carbocycles. The Morgan fingerprint density at radius 2 is 0.869 bits per heavy atom. The van der Waals surface area contributed by atoms with E-state index in [0.717, 1.165) is 77.0 Å². The van der Waals surface area contributed by atoms with Gasteiger partial charge in [-0.05, 0) is 115 Å². The highest BCUT2D eigenvalue weighted by Gasteiger charge is 2.16. The minimum Gasteiger partial charge on any atom is -0.466 e. The van der Waals surface area contributed by atoms with Crippen LogP contribution in [0, 0.1) is 0 Å². The van der Waals surface area contributed by atoms with Crippen LogP contribution in [0.4, 0.5) is 0 Å². The Labute approximate surface area is 373 Å². The van der Waals surface area contributed by atoms with Crippen LogP contribution in [0.5, 0.6) is 5.75 Å². The first kappa shape index (κ1) is 53.8. The quantitative estimate of drug-likeness (QED) is 0.0323. The van der Waals surface area contributed by atoms with Gasteiger partial charge in [-0.25, -0.2) is 0 Å². The monoisotopic (exact) mass is 850 g/mol. The Kier molecular flexibility index (Phi) is 36.6. The van der Waals surface area contributed by atoms with Crippen LogP contribution >= 0.6 is 11.6 Å². The summed E-state index contributed by atoms with van der Waals surface area (Å²) in [5.41, 5.74) is 0.170. The van der Waals surface area contributed by atoms with Crippen molar-refractivity contribution in [3.05, 3.63) is 175 Å². The molecule has 1 rings (SSSR count). The molecule has 0 bridgehead atoms. The fraction of sp³-hybridized carbons (Fsp3) is 0.389. The molecule has 0 aromatic heterocycles. The van der Waals surface area contributed by atoms with Crippen molar-refractivity contribution in [3.63, 3.8) is 0 Å². The Morgan fingerprint density at radius 1 is 0.508 bits per heavy atom. The van der Waals surface area contributed by atoms with E-state index in [1.165, 1.54) is 12.1 Å². The van der Waals surface area contributed by atoms with Crippen LogP contribution in [0.1, 0.15) is 133 Å². The second kappa shape index (κ2) is 41.5. The van der Waals surface area contributed by atoms with Crippen molar-refractivity contribution < 1.29 is 23.9 Å². The highest BCUT2D eigenvalue weighted by Crippen LogP contribution is 2.23. The molecular weight excluding hydrogens is 778 g/mol. The van der Waals surface area contributed by atoms with Gasteiger partial charge >= 0.3 is 11.9 Å². The fourth-order valence-electron chi connectivity index (χ4n) is 5.25. The lowest BCUT2D eigenvalue weighted by Gasteiger charge is -2.11. The Morgan fingerprint density at radius 3 is 1.26 bits per heavy atom. The number of esters is 2. The summed E-state index contributed by atoms with van der Waals surface area (Å²) in [6.07, 6.45) is 64.9. The lowest BCUT2D eigenvalue weighted by atomic mass is 10.2. The highest BCUT2D eigenvalue weighted by atomic mass is 35.5. The molecule has 330 valence electrons. The molecule has 61 heavy (non-hydrogen) atoms. The number of carbonyl (C=O) groups is 3. The van der Waals surface area contributed by atoms with Crippen LogP contribution in [0.25, 0.3) is 0 Å². The molecule has 0 unspecified atom stereocenters. The van der Waals surface area contributed by atoms with Gasteiger partial charge in [-0.2, -0.15) is 0 Å². The minimum atomic E-state index is -0.438. The van der Waals surface area contributed by atoms with Crippen molar-refractivity contribution in [2.24, 2.45) is 0 Å². The van der Waals surface area contributed by atoms with E-state index >= 15 is 0 Å². The predicted octanol–water partition coefficient (Wildman–Crippen LogP) is 14.9. The number of allylic oxidation sites excluding steroid dienone is 24. The summed E-state index contributed by atoms with van der Waals surface area (Å²) in [6.45, 7) is 4.76. The first-order valence-electron chi connectivity index (χ1n) is 22.2. The lowest BCUT2D eigenvalue weighted by molar-refractivity contribution is -0.143. The summed E-state index contributed by atoms with van der Waals surface area (Å²) < 4.78 is 10.8. The average Bonchev–Trinajstić information content (AvgIpc) is 3.25. The summed E-state index contributed by atoms with van der Waals surface area (Å²) in [6, 6.07) is 4.57. The van der Waals surface area contributed by atoms with Crippen LogP contribution in [0.3, 0.4) is 0 Å². The third kappa shape index (κ3) is 35.3. The average molecular weight is 851 g/mol. The predicted molar refractivity (Wildman–Crippen MR) is 260 cm³/mol. The van der Waals surface area contributed by atoms with E-state index in [9.17, 15) is 14.4 Å². The van der Waals surface area contributed by atoms with Gasteiger partial charge in [0.15, 0.2) is 0 Å². The molecule has 0 saturated carbocycles. The molecule has 0 aliphatic rings. The summed E-state index contributed by atoms with van der Waals surface area (Å²) in [5, 5.41) is 3.14. The minimum absolute atomic E-state index is 0.149. The smallest absolute Gasteiger partial charge is 0.311 e. The van der Waals surface area contributed by atoms with Crippen molar-refractivity contribution in [3.8, 4) is 5.75 Å². The van der Waals surface area contributed by atoms with Crippen LogP contribution in [0.2, 0.25) is 5.02 Å². The van der Waals surface area contributed by atoms with Crippen LogP contribution < -0.4 is 10.1 Å². The van der Waals surface area contributed by atoms with Gasteiger partial charge in [0.2, 0.25) is 0 Å². The Hall–Kier alpha value is -5.20. The van der Waals surface area contributed by atoms with Crippen molar-refractivity contribution >= 4 is 29.4 Å². The normalized spacial score (nSPS) is 12.8. The zero-order valence-electron chi connectivity index (χ0n) is 36.9. The molecule has 0 aliphatic heterocycles. The van der Waals surface area contributed by atoms with E-state index in [1.807, 2.05) is 24.3 Å². The van der Waals surface area contributed by atoms with E-state index < -0.39 is 11.9 Å². The zero-order chi connectivity index (χ0) is 44.1. The standard InChI is InChI=1S/C54H72ClNO5/c1-3-5-7-9-11-13-15-17-19-21-23-25-27-29-31-33-35-37-39-42-52(57)60-47-41-46-56-54(59)50-48-49(55)44-45-51(50)61-53(58)43-40-38-36-34-32-30-28-26-24-22-20-18-16-14-12-10-8-6-4-2/h5-8,11-14,17-20,23-26,29-32,35-38,44-45,48H,3-4,9-10,15-16,21-22,27-28,33-34,39-43,46-47H2,1-2H3,(H,56,59). The maximum Gasteiger partial charge on any atom is 0.311 e. The van der Waals surface area contributed by atoms with E-state index in [1.54, 1.807) is 6.07 Å². The van der Waals surface area contributed by atoms with Gasteiger partial charge in [0.1, 0.15) is 5.75 Å². The van der Waals surface area contributed by atoms with Crippen LogP contribution in [0.15, 0.2) is 164 Å². The maximum absolute atomic E-state index is 12.9. The van der Waals surface area contributed by atoms with Crippen molar-refractivity contribution in [1.29, 1.82) is 0 Å². The SMILES string of the molecule is CCC=CCC=CCC=CCC=CCC=CCC=CCCC(=O)OCCCNC(=O)c1cc(Cl)ccc1OC(=O)CCC=CCC=CCC=CCC=CCC=CCC=CCC. The lowest BCUT2D eigenvalue weighted by Crippen LogP contribution is -2.26. The summed E-state index contributed by atoms with van der Waals surface area (Å²) in [7, 11) is 0. The third-order valence-electron chi connectivity index (χ3n) is 8.50. The van der Waals surface area contributed by atoms with E-state index in [-0.39, 0.29) is 36.9 Å². The van der Waals surface area contributed by atoms with Gasteiger partial charge < -0.3 is 14.8 Å². The van der Waals surface area contributed by atoms with Crippen LogP contribution in [-0.2, 0) is 14.3 Å². The molecule has 0 fully saturated rings. The molecule has 6 nitrogen and oxygen atoms in total. The number of rotatable bonds is 34. The van der Waals surface area contributed by atoms with Crippen molar-refractivity contribution in [2.45, 2.75) is 123 Å². The first-order valence-corrected chi connectivity index (χ1v) is 22.6. The fourth-order valence-corrected chi connectivity index (χ4v) is 5.42. The van der Waals surface area contributed by atoms with Crippen LogP contribution in [-0.4, -0.2) is 31.0 Å². The van der Waals surface area contributed by atoms with E-state index in [2.05, 4.69) is 141 Å². The zero-order valence-corrected chi connectivity index (χ0v) is 37.7. The topological polar surface area (TPSA) is 81.7 Å². The van der Waals surface area contributed by atoms with Gasteiger partial charge in [0, 0.05) is 24.4 Å². The highest BCUT2D eigenvalue weighted by molar-refractivity contribution is 6.31. The summed E-state index contributed by atoms with van der Waals surface area (Å²) in [5.74, 6) is -0.993. The molecule has 0 radical (unpaired) electrons. The van der Waals surface area contributed by atoms with Crippen molar-refractivity contribution in [1.82, 2.24) is 5.32 Å². The number of amides is 1. The number of hydrogen-bond donors (Lipinski definition) is 1. The number of benzene rings is 1. The molecule has 1 amide bonds. The van der Waals surface area contributed by atoms with E-state index in [0.29, 0.717) is 30.7 Å². The van der Waals surface area contributed by atoms with Gasteiger partial charge in [-0.3, -0.25) is 14.4 Å². The van der Waals surface area contributed by atoms with Crippen molar-refractivity contribution in [2.75, 3.05) is 13.2 Å². The molecular formula is C54H72ClNO5. The molecule has 0 saturated heterocycles. The molecule has 1 aromatic rings. The Balaban J connectivity index is 2.19. The number of halogens is 1. The van der Waals surface area contributed by atoms with Gasteiger partial charge in [0.25, 0.3) is 5.91 Å². The number of hydrogen-bond acceptors (Lipinski definition) is 5. The largest absolute Gasteiger partial charge is 0.466 e. The first-order chi connectivity index (χ1) is 30.0. The van der Waals surface area contributed by atoms with Gasteiger partial charge in [-0.1, -0.05) is 171 Å². The second-order valence-electron chi connectivity index (χ2n) is 13.9. The number of nitrogens with one attached hydrogen (secondary N) is 1. The van der Waals surface area contributed by atoms with E-state index in [4.69, 9.17) is 21.1 Å². The number of ether oxygens (including phenoxy) is 2. The summed E-state index contributed by atoms with van der Waals surface area (Å²) in [4.78, 5) is 37.6. The molecule has 7 heteroatoms. The molecule has 0 heterocycles. The summed E-state index contributed by atoms with van der Waals surface area (Å²) >= 11 is 6.15.